The van der Waals surface area contributed by atoms with E-state index in [4.69, 9.17) is 37.0 Å². The summed E-state index contributed by atoms with van der Waals surface area (Å²) in [6, 6.07) is 0. The first kappa shape index (κ1) is 83.1. The van der Waals surface area contributed by atoms with E-state index in [1.54, 1.807) is 0 Å². The van der Waals surface area contributed by atoms with Crippen LogP contribution < -0.4 is 0 Å². The van der Waals surface area contributed by atoms with Crippen LogP contribution in [0.3, 0.4) is 0 Å². The third kappa shape index (κ3) is 60.7. The molecule has 0 aromatic heterocycles. The van der Waals surface area contributed by atoms with E-state index < -0.39 is 97.5 Å². The quantitative estimate of drug-likeness (QED) is 0.0222. The van der Waals surface area contributed by atoms with Crippen molar-refractivity contribution in [3.05, 3.63) is 0 Å². The van der Waals surface area contributed by atoms with Gasteiger partial charge in [-0.1, -0.05) is 273 Å². The fraction of sp³-hybridized carbons (Fsp3) is 0.939. The maximum Gasteiger partial charge on any atom is 0.472 e. The summed E-state index contributed by atoms with van der Waals surface area (Å²) in [4.78, 5) is 72.3. The van der Waals surface area contributed by atoms with Crippen molar-refractivity contribution in [1.82, 2.24) is 0 Å². The van der Waals surface area contributed by atoms with E-state index in [1.165, 1.54) is 135 Å². The molecular weight excluding hydrogens is 1130 g/mol. The molecular formula is C66H128O17P2. The molecule has 0 heterocycles. The first-order valence-electron chi connectivity index (χ1n) is 34.3. The van der Waals surface area contributed by atoms with Crippen molar-refractivity contribution in [1.29, 1.82) is 0 Å². The van der Waals surface area contributed by atoms with Crippen LogP contribution >= 0.6 is 15.6 Å². The Morgan fingerprint density at radius 1 is 0.318 bits per heavy atom. The zero-order chi connectivity index (χ0) is 63.1. The number of esters is 4. The van der Waals surface area contributed by atoms with Gasteiger partial charge in [0.05, 0.1) is 26.4 Å². The van der Waals surface area contributed by atoms with E-state index in [0.717, 1.165) is 102 Å². The Hall–Kier alpha value is -1.94. The van der Waals surface area contributed by atoms with E-state index >= 15 is 0 Å². The molecule has 17 nitrogen and oxygen atoms in total. The van der Waals surface area contributed by atoms with Crippen LogP contribution in [0.1, 0.15) is 325 Å². The molecule has 3 N–H and O–H groups in total. The molecule has 2 unspecified atom stereocenters. The summed E-state index contributed by atoms with van der Waals surface area (Å²) < 4.78 is 68.0. The number of phosphoric acid groups is 2. The third-order valence-electron chi connectivity index (χ3n) is 15.1. The minimum Gasteiger partial charge on any atom is -0.462 e. The van der Waals surface area contributed by atoms with Gasteiger partial charge in [0.25, 0.3) is 0 Å². The Kier molecular flexibility index (Phi) is 55.9. The van der Waals surface area contributed by atoms with Crippen LogP contribution in [0.2, 0.25) is 0 Å². The fourth-order valence-corrected chi connectivity index (χ4v) is 11.4. The van der Waals surface area contributed by atoms with Gasteiger partial charge < -0.3 is 33.8 Å². The molecule has 0 amide bonds. The van der Waals surface area contributed by atoms with Crippen molar-refractivity contribution in [2.24, 2.45) is 17.8 Å². The van der Waals surface area contributed by atoms with Gasteiger partial charge in [0.15, 0.2) is 12.2 Å². The Morgan fingerprint density at radius 2 is 0.541 bits per heavy atom. The molecule has 0 spiro atoms. The maximum atomic E-state index is 13.0. The number of aliphatic hydroxyl groups excluding tert-OH is 1. The summed E-state index contributed by atoms with van der Waals surface area (Å²) in [7, 11) is -9.89. The van der Waals surface area contributed by atoms with Crippen molar-refractivity contribution < 1.29 is 80.2 Å². The average Bonchev–Trinajstić information content (AvgIpc) is 3.53. The smallest absolute Gasteiger partial charge is 0.462 e. The highest BCUT2D eigenvalue weighted by Crippen LogP contribution is 2.45. The highest BCUT2D eigenvalue weighted by molar-refractivity contribution is 7.47. The predicted octanol–water partition coefficient (Wildman–Crippen LogP) is 18.3. The molecule has 504 valence electrons. The van der Waals surface area contributed by atoms with Gasteiger partial charge in [0.1, 0.15) is 19.3 Å². The standard InChI is InChI=1S/C66H128O17P2/c1-8-9-10-11-12-18-25-33-40-47-63(68)76-54-62(83-66(71)50-43-36-29-28-32-39-46-59(6)7)56-81-85(74,75)79-52-60(67)51-78-84(72,73)80-55-61(53-77-64(69)48-41-34-26-21-17-16-20-24-31-38-45-58(4)5)82-65(70)49-42-35-27-22-15-13-14-19-23-30-37-44-57(2)3/h57-62,67H,8-56H2,1-7H3,(H,72,73)(H,74,75)/t60-,61-,62-/m1/s1. The second kappa shape index (κ2) is 57.2. The van der Waals surface area contributed by atoms with Crippen molar-refractivity contribution in [2.45, 2.75) is 343 Å². The number of aliphatic hydroxyl groups is 1. The van der Waals surface area contributed by atoms with Gasteiger partial charge in [-0.05, 0) is 43.4 Å². The topological polar surface area (TPSA) is 237 Å². The summed E-state index contributed by atoms with van der Waals surface area (Å²) in [6.07, 6.45) is 39.1. The summed E-state index contributed by atoms with van der Waals surface area (Å²) in [5.74, 6) is 0.0563. The second-order valence-electron chi connectivity index (χ2n) is 25.3. The van der Waals surface area contributed by atoms with E-state index in [2.05, 4.69) is 48.5 Å². The number of phosphoric ester groups is 2. The second-order valence-corrected chi connectivity index (χ2v) is 28.2. The summed E-state index contributed by atoms with van der Waals surface area (Å²) >= 11 is 0. The molecule has 0 saturated heterocycles. The molecule has 0 aromatic carbocycles. The summed E-state index contributed by atoms with van der Waals surface area (Å²) in [5, 5.41) is 10.5. The minimum absolute atomic E-state index is 0.102. The van der Waals surface area contributed by atoms with Gasteiger partial charge in [-0.15, -0.1) is 0 Å². The lowest BCUT2D eigenvalue weighted by Gasteiger charge is -2.21. The number of carbonyl (C=O) groups excluding carboxylic acids is 4. The SMILES string of the molecule is CCCCCCCCCCCC(=O)OC[C@H](COP(=O)(O)OC[C@H](O)COP(=O)(O)OC[C@@H](COC(=O)CCCCCCCCCCCCC(C)C)OC(=O)CCCCCCCCCCCCCC(C)C)OC(=O)CCCCCCCCC(C)C. The Morgan fingerprint density at radius 3 is 0.800 bits per heavy atom. The zero-order valence-corrected chi connectivity index (χ0v) is 56.9. The zero-order valence-electron chi connectivity index (χ0n) is 55.1. The normalized spacial score (nSPS) is 14.3. The Bertz CT molecular complexity index is 1680. The van der Waals surface area contributed by atoms with E-state index in [9.17, 15) is 43.2 Å². The lowest BCUT2D eigenvalue weighted by Crippen LogP contribution is -2.30. The van der Waals surface area contributed by atoms with Crippen LogP contribution in [0.25, 0.3) is 0 Å². The van der Waals surface area contributed by atoms with Crippen LogP contribution in [0.5, 0.6) is 0 Å². The molecule has 0 rings (SSSR count). The van der Waals surface area contributed by atoms with Gasteiger partial charge in [-0.3, -0.25) is 37.3 Å². The number of ether oxygens (including phenoxy) is 4. The molecule has 0 radical (unpaired) electrons. The fourth-order valence-electron chi connectivity index (χ4n) is 9.83. The molecule has 5 atom stereocenters. The van der Waals surface area contributed by atoms with Gasteiger partial charge in [-0.2, -0.15) is 0 Å². The van der Waals surface area contributed by atoms with Crippen LogP contribution in [-0.2, 0) is 65.4 Å². The average molecular weight is 1260 g/mol. The monoisotopic (exact) mass is 1250 g/mol. The number of rotatable bonds is 64. The first-order chi connectivity index (χ1) is 40.7. The van der Waals surface area contributed by atoms with Crippen LogP contribution in [-0.4, -0.2) is 96.7 Å². The molecule has 0 aliphatic rings. The van der Waals surface area contributed by atoms with Crippen molar-refractivity contribution in [3.8, 4) is 0 Å². The van der Waals surface area contributed by atoms with Crippen molar-refractivity contribution in [2.75, 3.05) is 39.6 Å². The third-order valence-corrected chi connectivity index (χ3v) is 17.0. The molecule has 19 heteroatoms. The van der Waals surface area contributed by atoms with E-state index in [0.29, 0.717) is 31.6 Å². The number of unbranched alkanes of at least 4 members (excludes halogenated alkanes) is 32. The molecule has 85 heavy (non-hydrogen) atoms. The molecule has 0 saturated carbocycles. The largest absolute Gasteiger partial charge is 0.472 e. The summed E-state index contributed by atoms with van der Waals surface area (Å²) in [5.41, 5.74) is 0. The minimum atomic E-state index is -4.95. The molecule has 0 aliphatic carbocycles. The van der Waals surface area contributed by atoms with Crippen molar-refractivity contribution in [3.63, 3.8) is 0 Å². The highest BCUT2D eigenvalue weighted by atomic mass is 31.2. The molecule has 0 aromatic rings. The van der Waals surface area contributed by atoms with Gasteiger partial charge >= 0.3 is 39.5 Å². The first-order valence-corrected chi connectivity index (χ1v) is 37.3. The lowest BCUT2D eigenvalue weighted by atomic mass is 10.0. The van der Waals surface area contributed by atoms with E-state index in [-0.39, 0.29) is 25.7 Å². The van der Waals surface area contributed by atoms with Gasteiger partial charge in [-0.25, -0.2) is 9.13 Å². The van der Waals surface area contributed by atoms with Crippen LogP contribution in [0.15, 0.2) is 0 Å². The summed E-state index contributed by atoms with van der Waals surface area (Å²) in [6.45, 7) is 11.7. The number of hydrogen-bond acceptors (Lipinski definition) is 15. The maximum absolute atomic E-state index is 13.0. The molecule has 0 bridgehead atoms. The highest BCUT2D eigenvalue weighted by Gasteiger charge is 2.30. The predicted molar refractivity (Wildman–Crippen MR) is 340 cm³/mol. The van der Waals surface area contributed by atoms with Crippen LogP contribution in [0, 0.1) is 17.8 Å². The van der Waals surface area contributed by atoms with Crippen LogP contribution in [0.4, 0.5) is 0 Å². The Labute approximate surface area is 517 Å². The molecule has 0 fully saturated rings. The Balaban J connectivity index is 5.23. The van der Waals surface area contributed by atoms with Gasteiger partial charge in [0.2, 0.25) is 0 Å². The van der Waals surface area contributed by atoms with E-state index in [1.807, 2.05) is 0 Å². The lowest BCUT2D eigenvalue weighted by molar-refractivity contribution is -0.161. The van der Waals surface area contributed by atoms with Gasteiger partial charge in [0, 0.05) is 25.7 Å². The number of hydrogen-bond donors (Lipinski definition) is 3. The molecule has 0 aliphatic heterocycles. The van der Waals surface area contributed by atoms with Crippen molar-refractivity contribution >= 4 is 39.5 Å². The number of carbonyl (C=O) groups is 4.